The predicted octanol–water partition coefficient (Wildman–Crippen LogP) is 4.90. The molecule has 1 aliphatic rings. The molecule has 32 heavy (non-hydrogen) atoms. The Hall–Kier alpha value is -3.91. The van der Waals surface area contributed by atoms with Crippen molar-refractivity contribution in [3.8, 4) is 5.69 Å². The van der Waals surface area contributed by atoms with Gasteiger partial charge in [0.15, 0.2) is 11.5 Å². The summed E-state index contributed by atoms with van der Waals surface area (Å²) in [5.41, 5.74) is 2.84. The molecule has 1 fully saturated rings. The van der Waals surface area contributed by atoms with E-state index in [1.165, 1.54) is 6.26 Å². The van der Waals surface area contributed by atoms with E-state index in [0.717, 1.165) is 24.2 Å². The van der Waals surface area contributed by atoms with E-state index in [0.29, 0.717) is 17.1 Å². The van der Waals surface area contributed by atoms with Crippen LogP contribution in [0.3, 0.4) is 0 Å². The first-order chi connectivity index (χ1) is 15.6. The predicted molar refractivity (Wildman–Crippen MR) is 119 cm³/mol. The van der Waals surface area contributed by atoms with Crippen molar-refractivity contribution in [3.63, 3.8) is 0 Å². The molecule has 2 amide bonds. The highest BCUT2D eigenvalue weighted by atomic mass is 35.5. The second-order valence-corrected chi connectivity index (χ2v) is 7.83. The van der Waals surface area contributed by atoms with E-state index >= 15 is 0 Å². The number of hydrogen-bond donors (Lipinski definition) is 2. The van der Waals surface area contributed by atoms with Crippen LogP contribution in [0.4, 0.5) is 11.4 Å². The van der Waals surface area contributed by atoms with Crippen molar-refractivity contribution in [2.75, 3.05) is 10.6 Å². The summed E-state index contributed by atoms with van der Waals surface area (Å²) in [6.07, 6.45) is 3.41. The third kappa shape index (κ3) is 4.00. The molecule has 2 aromatic carbocycles. The van der Waals surface area contributed by atoms with Gasteiger partial charge in [-0.1, -0.05) is 35.0 Å². The summed E-state index contributed by atoms with van der Waals surface area (Å²) in [6, 6.07) is 17.6. The average Bonchev–Trinajstić information content (AvgIpc) is 3.30. The van der Waals surface area contributed by atoms with Gasteiger partial charge >= 0.3 is 0 Å². The normalized spacial score (nSPS) is 13.0. The second-order valence-electron chi connectivity index (χ2n) is 7.43. The molecule has 0 unspecified atom stereocenters. The highest BCUT2D eigenvalue weighted by Crippen LogP contribution is 2.42. The smallest absolute Gasteiger partial charge is 0.291 e. The molecule has 0 atom stereocenters. The number of para-hydroxylation sites is 1. The van der Waals surface area contributed by atoms with Crippen molar-refractivity contribution < 1.29 is 14.0 Å². The maximum Gasteiger partial charge on any atom is 0.291 e. The fourth-order valence-electron chi connectivity index (χ4n) is 3.41. The third-order valence-electron chi connectivity index (χ3n) is 5.10. The Morgan fingerprint density at radius 2 is 1.81 bits per heavy atom. The molecule has 0 aliphatic heterocycles. The Morgan fingerprint density at radius 3 is 2.50 bits per heavy atom. The maximum absolute atomic E-state index is 13.0. The molecule has 0 saturated heterocycles. The van der Waals surface area contributed by atoms with Crippen LogP contribution in [0.25, 0.3) is 5.69 Å². The largest absolute Gasteiger partial charge is 0.459 e. The summed E-state index contributed by atoms with van der Waals surface area (Å²) in [5.74, 6) is -0.348. The number of rotatable bonds is 6. The Balaban J connectivity index is 1.35. The van der Waals surface area contributed by atoms with Gasteiger partial charge in [0.25, 0.3) is 11.8 Å². The summed E-state index contributed by atoms with van der Waals surface area (Å²) >= 11 is 6.31. The molecule has 9 heteroatoms. The van der Waals surface area contributed by atoms with Crippen molar-refractivity contribution in [1.82, 2.24) is 15.0 Å². The van der Waals surface area contributed by atoms with Gasteiger partial charge in [0, 0.05) is 11.6 Å². The Labute approximate surface area is 188 Å². The van der Waals surface area contributed by atoms with Gasteiger partial charge in [-0.25, -0.2) is 4.68 Å². The number of anilines is 2. The molecule has 4 aromatic rings. The van der Waals surface area contributed by atoms with Crippen LogP contribution in [0, 0.1) is 0 Å². The van der Waals surface area contributed by atoms with Crippen LogP contribution in [-0.2, 0) is 0 Å². The Morgan fingerprint density at radius 1 is 1.00 bits per heavy atom. The van der Waals surface area contributed by atoms with Gasteiger partial charge in [-0.05, 0) is 55.3 Å². The van der Waals surface area contributed by atoms with Crippen molar-refractivity contribution >= 4 is 34.8 Å². The lowest BCUT2D eigenvalue weighted by atomic mass is 10.2. The molecule has 0 bridgehead atoms. The molecule has 8 nitrogen and oxygen atoms in total. The van der Waals surface area contributed by atoms with Gasteiger partial charge in [0.05, 0.1) is 28.4 Å². The van der Waals surface area contributed by atoms with Gasteiger partial charge in [0.1, 0.15) is 0 Å². The van der Waals surface area contributed by atoms with Crippen LogP contribution in [0.2, 0.25) is 5.02 Å². The minimum Gasteiger partial charge on any atom is -0.459 e. The fourth-order valence-corrected chi connectivity index (χ4v) is 3.64. The lowest BCUT2D eigenvalue weighted by Gasteiger charge is -2.10. The van der Waals surface area contributed by atoms with Crippen molar-refractivity contribution in [3.05, 3.63) is 89.1 Å². The molecular weight excluding hydrogens is 430 g/mol. The topological polar surface area (TPSA) is 102 Å². The number of amides is 2. The maximum atomic E-state index is 13.0. The van der Waals surface area contributed by atoms with Crippen LogP contribution in [0.15, 0.2) is 71.3 Å². The number of nitrogens with zero attached hydrogens (tertiary/aromatic N) is 3. The van der Waals surface area contributed by atoms with Crippen molar-refractivity contribution in [2.45, 2.75) is 18.8 Å². The average molecular weight is 448 g/mol. The minimum atomic E-state index is -0.416. The quantitative estimate of drug-likeness (QED) is 0.438. The van der Waals surface area contributed by atoms with Gasteiger partial charge in [-0.3, -0.25) is 9.59 Å². The van der Waals surface area contributed by atoms with E-state index in [9.17, 15) is 9.59 Å². The van der Waals surface area contributed by atoms with E-state index in [4.69, 9.17) is 16.0 Å². The Bertz CT molecular complexity index is 1280. The highest BCUT2D eigenvalue weighted by molar-refractivity contribution is 6.34. The van der Waals surface area contributed by atoms with Gasteiger partial charge in [-0.15, -0.1) is 5.10 Å². The SMILES string of the molecule is O=C(Nc1ccc(NC(=O)c2nnn(-c3ccccc3)c2C2CC2)cc1Cl)c1ccco1. The van der Waals surface area contributed by atoms with Gasteiger partial charge in [0.2, 0.25) is 0 Å². The number of benzene rings is 2. The van der Waals surface area contributed by atoms with Crippen LogP contribution >= 0.6 is 11.6 Å². The highest BCUT2D eigenvalue weighted by Gasteiger charge is 2.34. The standard InChI is InChI=1S/C23H18ClN5O3/c24-17-13-15(10-11-18(17)26-22(30)19-7-4-12-32-19)25-23(31)20-21(14-8-9-14)29(28-27-20)16-5-2-1-3-6-16/h1-7,10-14H,8-9H2,(H,25,31)(H,26,30). The summed E-state index contributed by atoms with van der Waals surface area (Å²) in [7, 11) is 0. The second kappa shape index (κ2) is 8.32. The fraction of sp³-hybridized carbons (Fsp3) is 0.130. The van der Waals surface area contributed by atoms with E-state index in [1.54, 1.807) is 35.0 Å². The first kappa shape index (κ1) is 20.0. The number of hydrogen-bond acceptors (Lipinski definition) is 5. The van der Waals surface area contributed by atoms with E-state index in [2.05, 4.69) is 20.9 Å². The molecule has 0 radical (unpaired) electrons. The van der Waals surface area contributed by atoms with Crippen molar-refractivity contribution in [2.24, 2.45) is 0 Å². The number of aromatic nitrogens is 3. The number of carbonyl (C=O) groups is 2. The molecule has 0 spiro atoms. The first-order valence-corrected chi connectivity index (χ1v) is 10.4. The minimum absolute atomic E-state index is 0.174. The van der Waals surface area contributed by atoms with Crippen LogP contribution in [0.5, 0.6) is 0 Å². The summed E-state index contributed by atoms with van der Waals surface area (Å²) < 4.78 is 6.80. The molecule has 2 heterocycles. The molecule has 160 valence electrons. The summed E-state index contributed by atoms with van der Waals surface area (Å²) in [5, 5.41) is 14.2. The van der Waals surface area contributed by atoms with Crippen LogP contribution in [0.1, 0.15) is 45.5 Å². The molecule has 2 N–H and O–H groups in total. The number of halogens is 1. The number of nitrogens with one attached hydrogen (secondary N) is 2. The number of furan rings is 1. The van der Waals surface area contributed by atoms with E-state index < -0.39 is 5.91 Å². The third-order valence-corrected chi connectivity index (χ3v) is 5.42. The summed E-state index contributed by atoms with van der Waals surface area (Å²) in [6.45, 7) is 0. The molecule has 2 aromatic heterocycles. The van der Waals surface area contributed by atoms with E-state index in [-0.39, 0.29) is 22.6 Å². The van der Waals surface area contributed by atoms with Gasteiger partial charge in [-0.2, -0.15) is 0 Å². The number of carbonyl (C=O) groups excluding carboxylic acids is 2. The molecule has 1 aliphatic carbocycles. The zero-order valence-electron chi connectivity index (χ0n) is 16.8. The van der Waals surface area contributed by atoms with Crippen molar-refractivity contribution in [1.29, 1.82) is 0 Å². The van der Waals surface area contributed by atoms with Crippen LogP contribution in [-0.4, -0.2) is 26.8 Å². The molecule has 1 saturated carbocycles. The lowest BCUT2D eigenvalue weighted by Crippen LogP contribution is -2.16. The molecular formula is C23H18ClN5O3. The zero-order chi connectivity index (χ0) is 22.1. The zero-order valence-corrected chi connectivity index (χ0v) is 17.5. The Kier molecular flexibility index (Phi) is 5.20. The first-order valence-electron chi connectivity index (χ1n) is 10.1. The van der Waals surface area contributed by atoms with E-state index in [1.807, 2.05) is 30.3 Å². The molecule has 5 rings (SSSR count). The monoisotopic (exact) mass is 447 g/mol. The summed E-state index contributed by atoms with van der Waals surface area (Å²) in [4.78, 5) is 25.1. The lowest BCUT2D eigenvalue weighted by molar-refractivity contribution is 0.0994. The van der Waals surface area contributed by atoms with Crippen LogP contribution < -0.4 is 10.6 Å². The van der Waals surface area contributed by atoms with Gasteiger partial charge < -0.3 is 15.1 Å².